The minimum absolute atomic E-state index is 0.152. The Morgan fingerprint density at radius 1 is 1.04 bits per heavy atom. The molecular formula is C21H22N2O3. The number of rotatable bonds is 4. The first-order chi connectivity index (χ1) is 12.7. The molecule has 26 heavy (non-hydrogen) atoms. The van der Waals surface area contributed by atoms with Crippen LogP contribution in [-0.2, 0) is 12.8 Å². The molecule has 0 fully saturated rings. The summed E-state index contributed by atoms with van der Waals surface area (Å²) in [6.45, 7) is 0. The fourth-order valence-corrected chi connectivity index (χ4v) is 3.64. The number of nitrogens with one attached hydrogen (secondary N) is 2. The smallest absolute Gasteiger partial charge is 0.255 e. The number of anilines is 1. The summed E-state index contributed by atoms with van der Waals surface area (Å²) in [6, 6.07) is 11.2. The van der Waals surface area contributed by atoms with Gasteiger partial charge in [0.25, 0.3) is 5.91 Å². The van der Waals surface area contributed by atoms with Crippen molar-refractivity contribution in [3.05, 3.63) is 53.2 Å². The van der Waals surface area contributed by atoms with Crippen molar-refractivity contribution in [3.63, 3.8) is 0 Å². The number of hydrogen-bond acceptors (Lipinski definition) is 3. The third-order valence-electron chi connectivity index (χ3n) is 5.02. The molecule has 1 aliphatic carbocycles. The second-order valence-electron chi connectivity index (χ2n) is 6.57. The van der Waals surface area contributed by atoms with Crippen LogP contribution in [0.3, 0.4) is 0 Å². The molecule has 2 aromatic carbocycles. The lowest BCUT2D eigenvalue weighted by molar-refractivity contribution is 0.102. The van der Waals surface area contributed by atoms with Gasteiger partial charge in [0.1, 0.15) is 11.5 Å². The van der Waals surface area contributed by atoms with Crippen molar-refractivity contribution >= 4 is 22.5 Å². The van der Waals surface area contributed by atoms with E-state index in [1.807, 2.05) is 18.2 Å². The van der Waals surface area contributed by atoms with E-state index in [0.29, 0.717) is 22.7 Å². The average molecular weight is 350 g/mol. The Bertz CT molecular complexity index is 975. The normalized spacial score (nSPS) is 13.3. The number of fused-ring (bicyclic) bond motifs is 3. The summed E-state index contributed by atoms with van der Waals surface area (Å²) in [5.41, 5.74) is 5.05. The van der Waals surface area contributed by atoms with E-state index in [9.17, 15) is 4.79 Å². The van der Waals surface area contributed by atoms with Gasteiger partial charge in [-0.05, 0) is 61.6 Å². The summed E-state index contributed by atoms with van der Waals surface area (Å²) in [4.78, 5) is 16.3. The second kappa shape index (κ2) is 6.75. The Hall–Kier alpha value is -2.95. The quantitative estimate of drug-likeness (QED) is 0.737. The van der Waals surface area contributed by atoms with Gasteiger partial charge in [-0.2, -0.15) is 0 Å². The minimum Gasteiger partial charge on any atom is -0.497 e. The molecule has 5 nitrogen and oxygen atoms in total. The van der Waals surface area contributed by atoms with Crippen molar-refractivity contribution in [2.75, 3.05) is 19.5 Å². The van der Waals surface area contributed by atoms with Crippen LogP contribution in [0.15, 0.2) is 36.4 Å². The van der Waals surface area contributed by atoms with Crippen LogP contribution in [0.4, 0.5) is 5.69 Å². The maximum atomic E-state index is 12.8. The number of amides is 1. The number of ether oxygens (including phenoxy) is 2. The number of methoxy groups -OCH3 is 2. The molecule has 134 valence electrons. The highest BCUT2D eigenvalue weighted by Crippen LogP contribution is 2.31. The Kier molecular flexibility index (Phi) is 4.29. The van der Waals surface area contributed by atoms with Gasteiger partial charge in [-0.1, -0.05) is 0 Å². The molecule has 0 spiro atoms. The highest BCUT2D eigenvalue weighted by molar-refractivity contribution is 6.07. The maximum Gasteiger partial charge on any atom is 0.255 e. The van der Waals surface area contributed by atoms with Crippen LogP contribution in [-0.4, -0.2) is 25.1 Å². The first kappa shape index (κ1) is 16.5. The maximum absolute atomic E-state index is 12.8. The largest absolute Gasteiger partial charge is 0.497 e. The van der Waals surface area contributed by atoms with Crippen LogP contribution in [0, 0.1) is 0 Å². The third-order valence-corrected chi connectivity index (χ3v) is 5.02. The van der Waals surface area contributed by atoms with Gasteiger partial charge in [0.15, 0.2) is 0 Å². The number of hydrogen-bond donors (Lipinski definition) is 2. The van der Waals surface area contributed by atoms with E-state index in [1.54, 1.807) is 32.4 Å². The summed E-state index contributed by atoms with van der Waals surface area (Å²) in [6.07, 6.45) is 4.60. The molecule has 3 aromatic rings. The van der Waals surface area contributed by atoms with Crippen LogP contribution in [0.25, 0.3) is 10.9 Å². The van der Waals surface area contributed by atoms with Crippen LogP contribution in [0.2, 0.25) is 0 Å². The molecule has 4 rings (SSSR count). The van der Waals surface area contributed by atoms with Gasteiger partial charge in [0, 0.05) is 28.2 Å². The van der Waals surface area contributed by atoms with Gasteiger partial charge < -0.3 is 19.8 Å². The van der Waals surface area contributed by atoms with Crippen LogP contribution < -0.4 is 14.8 Å². The summed E-state index contributed by atoms with van der Waals surface area (Å²) in [5, 5.41) is 4.10. The van der Waals surface area contributed by atoms with Crippen molar-refractivity contribution in [2.45, 2.75) is 25.7 Å². The molecule has 2 N–H and O–H groups in total. The number of benzene rings is 2. The number of carbonyl (C=O) groups excluding carboxylic acids is 1. The minimum atomic E-state index is -0.152. The predicted molar refractivity (Wildman–Crippen MR) is 102 cm³/mol. The zero-order chi connectivity index (χ0) is 18.1. The topological polar surface area (TPSA) is 63.3 Å². The molecule has 0 saturated heterocycles. The second-order valence-corrected chi connectivity index (χ2v) is 6.57. The average Bonchev–Trinajstić information content (AvgIpc) is 3.06. The van der Waals surface area contributed by atoms with Crippen LogP contribution in [0.1, 0.15) is 34.5 Å². The molecule has 1 aliphatic rings. The van der Waals surface area contributed by atoms with Gasteiger partial charge in [0.2, 0.25) is 0 Å². The molecular weight excluding hydrogens is 328 g/mol. The summed E-state index contributed by atoms with van der Waals surface area (Å²) >= 11 is 0. The number of aromatic nitrogens is 1. The molecule has 0 aliphatic heterocycles. The molecule has 0 radical (unpaired) electrons. The third kappa shape index (κ3) is 2.90. The molecule has 1 amide bonds. The SMILES string of the molecule is COc1ccc(NC(=O)c2ccc3[nH]c4c(c3c2)CCCC4)c(OC)c1. The van der Waals surface area contributed by atoms with Gasteiger partial charge in [-0.3, -0.25) is 4.79 Å². The van der Waals surface area contributed by atoms with E-state index in [4.69, 9.17) is 9.47 Å². The molecule has 5 heteroatoms. The highest BCUT2D eigenvalue weighted by Gasteiger charge is 2.17. The fraction of sp³-hybridized carbons (Fsp3) is 0.286. The number of carbonyl (C=O) groups is 1. The van der Waals surface area contributed by atoms with E-state index in [-0.39, 0.29) is 5.91 Å². The molecule has 0 atom stereocenters. The van der Waals surface area contributed by atoms with Crippen molar-refractivity contribution in [1.82, 2.24) is 4.98 Å². The first-order valence-electron chi connectivity index (χ1n) is 8.86. The van der Waals surface area contributed by atoms with Gasteiger partial charge in [-0.15, -0.1) is 0 Å². The molecule has 0 bridgehead atoms. The van der Waals surface area contributed by atoms with Gasteiger partial charge in [0.05, 0.1) is 19.9 Å². The lowest BCUT2D eigenvalue weighted by atomic mass is 9.95. The van der Waals surface area contributed by atoms with Crippen LogP contribution in [0.5, 0.6) is 11.5 Å². The van der Waals surface area contributed by atoms with Crippen LogP contribution >= 0.6 is 0 Å². The zero-order valence-corrected chi connectivity index (χ0v) is 15.0. The van der Waals surface area contributed by atoms with Gasteiger partial charge in [-0.25, -0.2) is 0 Å². The van der Waals surface area contributed by atoms with E-state index in [2.05, 4.69) is 10.3 Å². The Labute approximate surface area is 152 Å². The highest BCUT2D eigenvalue weighted by atomic mass is 16.5. The van der Waals surface area contributed by atoms with Crippen molar-refractivity contribution < 1.29 is 14.3 Å². The molecule has 0 unspecified atom stereocenters. The van der Waals surface area contributed by atoms with Crippen molar-refractivity contribution in [3.8, 4) is 11.5 Å². The number of aryl methyl sites for hydroxylation is 2. The number of H-pyrrole nitrogens is 1. The monoisotopic (exact) mass is 350 g/mol. The Balaban J connectivity index is 1.64. The van der Waals surface area contributed by atoms with E-state index < -0.39 is 0 Å². The molecule has 1 heterocycles. The zero-order valence-electron chi connectivity index (χ0n) is 15.0. The van der Waals surface area contributed by atoms with Gasteiger partial charge >= 0.3 is 0 Å². The van der Waals surface area contributed by atoms with Crippen molar-refractivity contribution in [1.29, 1.82) is 0 Å². The Morgan fingerprint density at radius 2 is 1.88 bits per heavy atom. The summed E-state index contributed by atoms with van der Waals surface area (Å²) in [5.74, 6) is 1.10. The Morgan fingerprint density at radius 3 is 2.69 bits per heavy atom. The fourth-order valence-electron chi connectivity index (χ4n) is 3.64. The molecule has 0 saturated carbocycles. The van der Waals surface area contributed by atoms with E-state index in [1.165, 1.54) is 24.1 Å². The van der Waals surface area contributed by atoms with E-state index >= 15 is 0 Å². The molecule has 1 aromatic heterocycles. The van der Waals surface area contributed by atoms with Crippen molar-refractivity contribution in [2.24, 2.45) is 0 Å². The lowest BCUT2D eigenvalue weighted by Gasteiger charge is -2.12. The number of aromatic amines is 1. The summed E-state index contributed by atoms with van der Waals surface area (Å²) < 4.78 is 10.6. The predicted octanol–water partition coefficient (Wildman–Crippen LogP) is 4.32. The van der Waals surface area contributed by atoms with E-state index in [0.717, 1.165) is 23.7 Å². The lowest BCUT2D eigenvalue weighted by Crippen LogP contribution is -2.12. The standard InChI is InChI=1S/C21H22N2O3/c1-25-14-8-10-19(20(12-14)26-2)23-21(24)13-7-9-18-16(11-13)15-5-3-4-6-17(15)22-18/h7-12,22H,3-6H2,1-2H3,(H,23,24). The summed E-state index contributed by atoms with van der Waals surface area (Å²) in [7, 11) is 3.17. The first-order valence-corrected chi connectivity index (χ1v) is 8.86.